The van der Waals surface area contributed by atoms with E-state index in [-0.39, 0.29) is 25.1 Å². The van der Waals surface area contributed by atoms with Gasteiger partial charge in [-0.05, 0) is 32.6 Å². The second kappa shape index (κ2) is 5.66. The van der Waals surface area contributed by atoms with Crippen molar-refractivity contribution in [2.24, 2.45) is 11.7 Å². The molecule has 1 aliphatic carbocycles. The van der Waals surface area contributed by atoms with E-state index in [1.165, 1.54) is 12.0 Å². The third kappa shape index (κ3) is 3.60. The maximum absolute atomic E-state index is 12.8. The Kier molecular flexibility index (Phi) is 4.84. The van der Waals surface area contributed by atoms with Crippen LogP contribution in [0.2, 0.25) is 0 Å². The molecule has 0 aromatic rings. The first-order valence-corrected chi connectivity index (χ1v) is 6.28. The van der Waals surface area contributed by atoms with Gasteiger partial charge in [0.1, 0.15) is 0 Å². The number of hydrogen-bond donors (Lipinski definition) is 1. The lowest BCUT2D eigenvalue weighted by atomic mass is 9.99. The molecular formula is C12H21F3N2O2. The van der Waals surface area contributed by atoms with Gasteiger partial charge in [0.2, 0.25) is 0 Å². The molecule has 7 heteroatoms. The van der Waals surface area contributed by atoms with Crippen LogP contribution in [0.4, 0.5) is 13.2 Å². The van der Waals surface area contributed by atoms with Gasteiger partial charge in [-0.2, -0.15) is 13.2 Å². The molecule has 0 aromatic heterocycles. The van der Waals surface area contributed by atoms with Crippen molar-refractivity contribution >= 4 is 5.91 Å². The molecule has 2 N–H and O–H groups in total. The number of methoxy groups -OCH3 is 1. The average Bonchev–Trinajstić information content (AvgIpc) is 3.11. The summed E-state index contributed by atoms with van der Waals surface area (Å²) in [6, 6.07) is -0.243. The highest BCUT2D eigenvalue weighted by atomic mass is 19.4. The Morgan fingerprint density at radius 2 is 2.00 bits per heavy atom. The molecule has 0 aromatic carbocycles. The van der Waals surface area contributed by atoms with Gasteiger partial charge in [0.25, 0.3) is 5.91 Å². The molecule has 112 valence electrons. The zero-order valence-electron chi connectivity index (χ0n) is 11.5. The molecule has 1 rings (SSSR count). The summed E-state index contributed by atoms with van der Waals surface area (Å²) in [6.07, 6.45) is -2.89. The van der Waals surface area contributed by atoms with Crippen molar-refractivity contribution in [3.05, 3.63) is 0 Å². The Balaban J connectivity index is 2.86. The molecular weight excluding hydrogens is 261 g/mol. The summed E-state index contributed by atoms with van der Waals surface area (Å²) in [4.78, 5) is 13.3. The van der Waals surface area contributed by atoms with E-state index in [1.807, 2.05) is 0 Å². The lowest BCUT2D eigenvalue weighted by Gasteiger charge is -2.36. The highest BCUT2D eigenvalue weighted by Gasteiger charge is 2.56. The number of rotatable bonds is 6. The summed E-state index contributed by atoms with van der Waals surface area (Å²) in [7, 11) is 1.44. The predicted molar refractivity (Wildman–Crippen MR) is 64.4 cm³/mol. The van der Waals surface area contributed by atoms with Gasteiger partial charge < -0.3 is 15.4 Å². The lowest BCUT2D eigenvalue weighted by molar-refractivity contribution is -0.195. The van der Waals surface area contributed by atoms with Crippen molar-refractivity contribution in [1.29, 1.82) is 0 Å². The molecule has 4 nitrogen and oxygen atoms in total. The van der Waals surface area contributed by atoms with Gasteiger partial charge in [0, 0.05) is 19.7 Å². The number of alkyl halides is 3. The summed E-state index contributed by atoms with van der Waals surface area (Å²) in [6.45, 7) is 2.79. The van der Waals surface area contributed by atoms with Gasteiger partial charge in [0.15, 0.2) is 5.54 Å². The SMILES string of the molecule is COCCN(C(=O)C(C)(N)C(F)(F)F)C(C)C1CC1. The number of hydrogen-bond acceptors (Lipinski definition) is 3. The minimum atomic E-state index is -4.77. The van der Waals surface area contributed by atoms with Crippen LogP contribution in [-0.4, -0.2) is 48.8 Å². The van der Waals surface area contributed by atoms with E-state index in [0.717, 1.165) is 19.8 Å². The Bertz CT molecular complexity index is 327. The third-order valence-electron chi connectivity index (χ3n) is 3.63. The molecule has 0 saturated heterocycles. The molecule has 1 fully saturated rings. The Hall–Kier alpha value is -0.820. The van der Waals surface area contributed by atoms with Crippen molar-refractivity contribution in [3.63, 3.8) is 0 Å². The molecule has 2 atom stereocenters. The number of amides is 1. The number of carbonyl (C=O) groups is 1. The fourth-order valence-corrected chi connectivity index (χ4v) is 1.93. The van der Waals surface area contributed by atoms with Crippen LogP contribution in [0, 0.1) is 5.92 Å². The summed E-state index contributed by atoms with van der Waals surface area (Å²) < 4.78 is 43.4. The number of carbonyl (C=O) groups excluding carboxylic acids is 1. The molecule has 0 bridgehead atoms. The van der Waals surface area contributed by atoms with Gasteiger partial charge in [-0.25, -0.2) is 0 Å². The molecule has 1 saturated carbocycles. The van der Waals surface area contributed by atoms with E-state index in [0.29, 0.717) is 0 Å². The first kappa shape index (κ1) is 16.2. The smallest absolute Gasteiger partial charge is 0.383 e. The van der Waals surface area contributed by atoms with Crippen molar-refractivity contribution in [1.82, 2.24) is 4.90 Å². The highest BCUT2D eigenvalue weighted by molar-refractivity contribution is 5.87. The quantitative estimate of drug-likeness (QED) is 0.804. The van der Waals surface area contributed by atoms with E-state index in [2.05, 4.69) is 0 Å². The van der Waals surface area contributed by atoms with E-state index < -0.39 is 17.6 Å². The molecule has 1 amide bonds. The van der Waals surface area contributed by atoms with Gasteiger partial charge in [-0.3, -0.25) is 4.79 Å². The third-order valence-corrected chi connectivity index (χ3v) is 3.63. The number of nitrogens with two attached hydrogens (primary N) is 1. The highest BCUT2D eigenvalue weighted by Crippen LogP contribution is 2.37. The van der Waals surface area contributed by atoms with Crippen LogP contribution in [0.25, 0.3) is 0 Å². The normalized spacial score (nSPS) is 20.8. The summed E-state index contributed by atoms with van der Waals surface area (Å²) in [5, 5.41) is 0. The molecule has 0 spiro atoms. The Labute approximate surface area is 111 Å². The van der Waals surface area contributed by atoms with Crippen LogP contribution in [0.3, 0.4) is 0 Å². The predicted octanol–water partition coefficient (Wildman–Crippen LogP) is 1.54. The minimum absolute atomic E-state index is 0.121. The molecule has 0 radical (unpaired) electrons. The lowest BCUT2D eigenvalue weighted by Crippen LogP contribution is -2.64. The summed E-state index contributed by atoms with van der Waals surface area (Å²) >= 11 is 0. The molecule has 1 aliphatic rings. The number of nitrogens with zero attached hydrogens (tertiary/aromatic N) is 1. The monoisotopic (exact) mass is 282 g/mol. The summed E-state index contributed by atoms with van der Waals surface area (Å²) in [5.41, 5.74) is 2.35. The van der Waals surface area contributed by atoms with E-state index in [1.54, 1.807) is 6.92 Å². The van der Waals surface area contributed by atoms with Crippen LogP contribution in [0.1, 0.15) is 26.7 Å². The van der Waals surface area contributed by atoms with Crippen LogP contribution in [0.5, 0.6) is 0 Å². The first-order valence-electron chi connectivity index (χ1n) is 6.28. The molecule has 19 heavy (non-hydrogen) atoms. The topological polar surface area (TPSA) is 55.6 Å². The van der Waals surface area contributed by atoms with E-state index >= 15 is 0 Å². The zero-order chi connectivity index (χ0) is 14.8. The van der Waals surface area contributed by atoms with Gasteiger partial charge in [0.05, 0.1) is 6.61 Å². The Morgan fingerprint density at radius 1 is 1.47 bits per heavy atom. The average molecular weight is 282 g/mol. The second-order valence-electron chi connectivity index (χ2n) is 5.27. The number of halogens is 3. The largest absolute Gasteiger partial charge is 0.415 e. The van der Waals surface area contributed by atoms with Crippen molar-refractivity contribution in [2.75, 3.05) is 20.3 Å². The van der Waals surface area contributed by atoms with Crippen LogP contribution in [-0.2, 0) is 9.53 Å². The van der Waals surface area contributed by atoms with Gasteiger partial charge in [-0.1, -0.05) is 0 Å². The molecule has 2 unspecified atom stereocenters. The van der Waals surface area contributed by atoms with Crippen LogP contribution in [0.15, 0.2) is 0 Å². The minimum Gasteiger partial charge on any atom is -0.383 e. The van der Waals surface area contributed by atoms with Crippen LogP contribution < -0.4 is 5.73 Å². The van der Waals surface area contributed by atoms with Gasteiger partial charge in [-0.15, -0.1) is 0 Å². The van der Waals surface area contributed by atoms with E-state index in [4.69, 9.17) is 10.5 Å². The Morgan fingerprint density at radius 3 is 2.37 bits per heavy atom. The summed E-state index contributed by atoms with van der Waals surface area (Å²) in [5.74, 6) is -0.818. The standard InChI is InChI=1S/C12H21F3N2O2/c1-8(9-4-5-9)17(6-7-19-3)10(18)11(2,16)12(13,14)15/h8-9H,4-7,16H2,1-3H3. The van der Waals surface area contributed by atoms with Crippen molar-refractivity contribution in [3.8, 4) is 0 Å². The second-order valence-corrected chi connectivity index (χ2v) is 5.27. The fourth-order valence-electron chi connectivity index (χ4n) is 1.93. The number of ether oxygens (including phenoxy) is 1. The molecule has 0 aliphatic heterocycles. The molecule has 0 heterocycles. The van der Waals surface area contributed by atoms with Crippen molar-refractivity contribution in [2.45, 2.75) is 44.4 Å². The van der Waals surface area contributed by atoms with Crippen LogP contribution >= 0.6 is 0 Å². The van der Waals surface area contributed by atoms with Gasteiger partial charge >= 0.3 is 6.18 Å². The van der Waals surface area contributed by atoms with E-state index in [9.17, 15) is 18.0 Å². The van der Waals surface area contributed by atoms with Crippen molar-refractivity contribution < 1.29 is 22.7 Å². The first-order chi connectivity index (χ1) is 8.63. The fraction of sp³-hybridized carbons (Fsp3) is 0.917. The maximum atomic E-state index is 12.8. The maximum Gasteiger partial charge on any atom is 0.415 e. The zero-order valence-corrected chi connectivity index (χ0v) is 11.5.